The van der Waals surface area contributed by atoms with Crippen LogP contribution in [0.3, 0.4) is 0 Å². The third-order valence-corrected chi connectivity index (χ3v) is 5.39. The van der Waals surface area contributed by atoms with Crippen LogP contribution in [0.1, 0.15) is 39.7 Å². The monoisotopic (exact) mass is 412 g/mol. The predicted molar refractivity (Wildman–Crippen MR) is 120 cm³/mol. The topological polar surface area (TPSA) is 73.8 Å². The molecule has 0 saturated carbocycles. The van der Waals surface area contributed by atoms with Gasteiger partial charge in [0.1, 0.15) is 12.4 Å². The van der Waals surface area contributed by atoms with Crippen molar-refractivity contribution in [3.05, 3.63) is 107 Å². The molecule has 5 heteroatoms. The molecule has 0 aliphatic carbocycles. The minimum atomic E-state index is -0.966. The van der Waals surface area contributed by atoms with E-state index in [2.05, 4.69) is 0 Å². The van der Waals surface area contributed by atoms with Crippen LogP contribution >= 0.6 is 0 Å². The molecule has 0 atom stereocenters. The van der Waals surface area contributed by atoms with Crippen molar-refractivity contribution in [3.8, 4) is 5.75 Å². The maximum atomic E-state index is 12.9. The zero-order valence-electron chi connectivity index (χ0n) is 17.4. The third-order valence-electron chi connectivity index (χ3n) is 5.39. The van der Waals surface area contributed by atoms with Gasteiger partial charge in [0.25, 0.3) is 11.7 Å². The van der Waals surface area contributed by atoms with E-state index in [1.807, 2.05) is 90.3 Å². The second-order valence-corrected chi connectivity index (χ2v) is 7.37. The van der Waals surface area contributed by atoms with Crippen LogP contribution in [0, 0.1) is 0 Å². The molecule has 1 amide bonds. The summed E-state index contributed by atoms with van der Waals surface area (Å²) in [5.74, 6) is -1.11. The number of hydrogen-bond donors (Lipinski definition) is 1. The van der Waals surface area contributed by atoms with Gasteiger partial charge in [0.05, 0.1) is 11.1 Å². The summed E-state index contributed by atoms with van der Waals surface area (Å²) in [6, 6.07) is 23.6. The number of ether oxygens (including phenoxy) is 1. The van der Waals surface area contributed by atoms with Gasteiger partial charge in [-0.25, -0.2) is 0 Å². The van der Waals surface area contributed by atoms with Gasteiger partial charge in [-0.1, -0.05) is 67.6 Å². The first-order valence-corrected chi connectivity index (χ1v) is 10.3. The van der Waals surface area contributed by atoms with Crippen LogP contribution in [0.4, 0.5) is 0 Å². The zero-order valence-corrected chi connectivity index (χ0v) is 17.4. The molecular formula is C26H24N2O3. The summed E-state index contributed by atoms with van der Waals surface area (Å²) < 4.78 is 8.07. The molecule has 4 aromatic rings. The Bertz CT molecular complexity index is 1230. The minimum Gasteiger partial charge on any atom is -0.487 e. The molecule has 5 nitrogen and oxygen atoms in total. The van der Waals surface area contributed by atoms with Gasteiger partial charge in [0.15, 0.2) is 0 Å². The van der Waals surface area contributed by atoms with Crippen molar-refractivity contribution in [1.29, 1.82) is 0 Å². The largest absolute Gasteiger partial charge is 0.487 e. The van der Waals surface area contributed by atoms with Crippen molar-refractivity contribution in [3.63, 3.8) is 0 Å². The zero-order chi connectivity index (χ0) is 21.8. The van der Waals surface area contributed by atoms with E-state index in [-0.39, 0.29) is 0 Å². The Morgan fingerprint density at radius 3 is 2.16 bits per heavy atom. The summed E-state index contributed by atoms with van der Waals surface area (Å²) in [6.45, 7) is 2.33. The first-order chi connectivity index (χ1) is 15.1. The molecule has 0 fully saturated rings. The number of rotatable bonds is 8. The first kappa shape index (κ1) is 20.4. The Hall–Kier alpha value is -3.86. The molecular weight excluding hydrogens is 388 g/mol. The fourth-order valence-electron chi connectivity index (χ4n) is 3.97. The minimum absolute atomic E-state index is 0.338. The third kappa shape index (κ3) is 4.08. The number of amides is 1. The first-order valence-electron chi connectivity index (χ1n) is 10.3. The van der Waals surface area contributed by atoms with Gasteiger partial charge in [-0.15, -0.1) is 0 Å². The molecule has 2 aromatic heterocycles. The lowest BCUT2D eigenvalue weighted by Crippen LogP contribution is -2.24. The number of pyridine rings is 1. The molecule has 0 unspecified atom stereocenters. The summed E-state index contributed by atoms with van der Waals surface area (Å²) in [6.07, 6.45) is 3.12. The molecule has 0 bridgehead atoms. The number of carbonyl (C=O) groups is 2. The summed E-state index contributed by atoms with van der Waals surface area (Å²) >= 11 is 0. The van der Waals surface area contributed by atoms with E-state index in [0.29, 0.717) is 36.3 Å². The van der Waals surface area contributed by atoms with E-state index < -0.39 is 11.7 Å². The van der Waals surface area contributed by atoms with Gasteiger partial charge in [-0.2, -0.15) is 0 Å². The van der Waals surface area contributed by atoms with E-state index in [1.165, 1.54) is 0 Å². The lowest BCUT2D eigenvalue weighted by atomic mass is 9.99. The number of Topliss-reactive ketones (excluding diaryl/α,β-unsaturated/α-hetero) is 1. The number of nitrogens with two attached hydrogens (primary N) is 1. The smallest absolute Gasteiger partial charge is 0.289 e. The maximum absolute atomic E-state index is 12.9. The number of ketones is 1. The Balaban J connectivity index is 1.87. The molecule has 0 radical (unpaired) electrons. The number of hydrogen-bond acceptors (Lipinski definition) is 3. The number of carbonyl (C=O) groups excluding carboxylic acids is 2. The summed E-state index contributed by atoms with van der Waals surface area (Å²) in [7, 11) is 0. The van der Waals surface area contributed by atoms with Crippen LogP contribution in [0.15, 0.2) is 79.0 Å². The van der Waals surface area contributed by atoms with Crippen molar-refractivity contribution in [2.24, 2.45) is 5.73 Å². The van der Waals surface area contributed by atoms with Crippen molar-refractivity contribution in [1.82, 2.24) is 4.40 Å². The molecule has 0 spiro atoms. The number of aromatic nitrogens is 1. The summed E-state index contributed by atoms with van der Waals surface area (Å²) in [5.41, 5.74) is 10.3. The number of fused-ring (bicyclic) bond motifs is 1. The second kappa shape index (κ2) is 8.88. The highest BCUT2D eigenvalue weighted by Crippen LogP contribution is 2.33. The summed E-state index contributed by atoms with van der Waals surface area (Å²) in [5, 5.41) is 0. The quantitative estimate of drug-likeness (QED) is 0.346. The normalized spacial score (nSPS) is 10.9. The Morgan fingerprint density at radius 2 is 1.55 bits per heavy atom. The van der Waals surface area contributed by atoms with Gasteiger partial charge in [-0.3, -0.25) is 9.59 Å². The molecule has 31 heavy (non-hydrogen) atoms. The molecule has 4 rings (SSSR count). The fraction of sp³-hybridized carbons (Fsp3) is 0.154. The van der Waals surface area contributed by atoms with Gasteiger partial charge in [0.2, 0.25) is 0 Å². The van der Waals surface area contributed by atoms with E-state index >= 15 is 0 Å². The molecule has 2 heterocycles. The highest BCUT2D eigenvalue weighted by Gasteiger charge is 2.27. The van der Waals surface area contributed by atoms with Crippen LogP contribution < -0.4 is 10.5 Å². The van der Waals surface area contributed by atoms with Gasteiger partial charge < -0.3 is 14.9 Å². The van der Waals surface area contributed by atoms with Crippen LogP contribution in [-0.2, 0) is 24.2 Å². The lowest BCUT2D eigenvalue weighted by molar-refractivity contribution is -0.114. The number of nitrogens with zero attached hydrogens (tertiary/aromatic N) is 1. The second-order valence-electron chi connectivity index (χ2n) is 7.37. The molecule has 156 valence electrons. The van der Waals surface area contributed by atoms with Crippen LogP contribution in [-0.4, -0.2) is 16.1 Å². The standard InChI is InChI=1S/C26H24N2O3/c1-2-20-21(16-18-10-5-3-6-11-18)28-15-9-14-22(24(28)23(20)25(29)26(27)30)31-17-19-12-7-4-8-13-19/h3-15H,2,16-17H2,1H3,(H2,27,30). The van der Waals surface area contributed by atoms with Gasteiger partial charge >= 0.3 is 0 Å². The molecule has 2 N–H and O–H groups in total. The Kier molecular flexibility index (Phi) is 5.85. The SMILES string of the molecule is CCc1c(C(=O)C(N)=O)c2c(OCc3ccccc3)cccn2c1Cc1ccccc1. The van der Waals surface area contributed by atoms with Crippen molar-refractivity contribution >= 4 is 17.2 Å². The summed E-state index contributed by atoms with van der Waals surface area (Å²) in [4.78, 5) is 24.8. The average molecular weight is 412 g/mol. The van der Waals surface area contributed by atoms with Gasteiger partial charge in [0, 0.05) is 18.3 Å². The number of benzene rings is 2. The van der Waals surface area contributed by atoms with E-state index in [4.69, 9.17) is 10.5 Å². The van der Waals surface area contributed by atoms with E-state index in [9.17, 15) is 9.59 Å². The van der Waals surface area contributed by atoms with E-state index in [1.54, 1.807) is 0 Å². The molecule has 2 aromatic carbocycles. The van der Waals surface area contributed by atoms with Crippen LogP contribution in [0.25, 0.3) is 5.52 Å². The maximum Gasteiger partial charge on any atom is 0.289 e. The van der Waals surface area contributed by atoms with Crippen molar-refractivity contribution in [2.75, 3.05) is 0 Å². The van der Waals surface area contributed by atoms with Crippen LogP contribution in [0.5, 0.6) is 5.75 Å². The highest BCUT2D eigenvalue weighted by atomic mass is 16.5. The lowest BCUT2D eigenvalue weighted by Gasteiger charge is -2.10. The van der Waals surface area contributed by atoms with Gasteiger partial charge in [-0.05, 0) is 35.2 Å². The van der Waals surface area contributed by atoms with E-state index in [0.717, 1.165) is 22.4 Å². The van der Waals surface area contributed by atoms with Crippen molar-refractivity contribution in [2.45, 2.75) is 26.4 Å². The average Bonchev–Trinajstić information content (AvgIpc) is 3.12. The predicted octanol–water partition coefficient (Wildman–Crippen LogP) is 4.34. The van der Waals surface area contributed by atoms with Crippen molar-refractivity contribution < 1.29 is 14.3 Å². The molecule has 0 saturated heterocycles. The fourth-order valence-corrected chi connectivity index (χ4v) is 3.97. The molecule has 0 aliphatic rings. The highest BCUT2D eigenvalue weighted by molar-refractivity contribution is 6.44. The Morgan fingerprint density at radius 1 is 0.903 bits per heavy atom. The van der Waals surface area contributed by atoms with Crippen LogP contribution in [0.2, 0.25) is 0 Å². The number of primary amides is 1. The Labute approximate surface area is 181 Å². The molecule has 0 aliphatic heterocycles.